The Balaban J connectivity index is 2.22. The fourth-order valence-corrected chi connectivity index (χ4v) is 1.43. The van der Waals surface area contributed by atoms with Crippen molar-refractivity contribution in [3.05, 3.63) is 42.0 Å². The number of halogens is 1. The van der Waals surface area contributed by atoms with Gasteiger partial charge in [-0.05, 0) is 24.0 Å². The zero-order chi connectivity index (χ0) is 10.9. The van der Waals surface area contributed by atoms with E-state index in [0.717, 1.165) is 30.9 Å². The van der Waals surface area contributed by atoms with Crippen molar-refractivity contribution in [3.8, 4) is 0 Å². The van der Waals surface area contributed by atoms with Gasteiger partial charge in [-0.1, -0.05) is 36.9 Å². The van der Waals surface area contributed by atoms with E-state index in [1.165, 1.54) is 5.56 Å². The Bertz CT molecular complexity index is 279. The van der Waals surface area contributed by atoms with Crippen LogP contribution < -0.4 is 0 Å². The molecule has 0 N–H and O–H groups in total. The van der Waals surface area contributed by atoms with Gasteiger partial charge in [0, 0.05) is 12.5 Å². The van der Waals surface area contributed by atoms with Gasteiger partial charge in [0.1, 0.15) is 0 Å². The second-order valence-corrected chi connectivity index (χ2v) is 3.77. The summed E-state index contributed by atoms with van der Waals surface area (Å²) in [6.45, 7) is 5.18. The topological polar surface area (TPSA) is 9.23 Å². The van der Waals surface area contributed by atoms with Crippen LogP contribution in [0.25, 0.3) is 6.08 Å². The summed E-state index contributed by atoms with van der Waals surface area (Å²) in [5, 5.41) is 0. The lowest BCUT2D eigenvalue weighted by Crippen LogP contribution is -1.95. The molecule has 0 spiro atoms. The van der Waals surface area contributed by atoms with Gasteiger partial charge in [0.15, 0.2) is 0 Å². The largest absolute Gasteiger partial charge is 0.377 e. The molecule has 1 aromatic rings. The van der Waals surface area contributed by atoms with E-state index in [1.807, 2.05) is 18.2 Å². The van der Waals surface area contributed by atoms with Crippen molar-refractivity contribution in [1.29, 1.82) is 0 Å². The SMILES string of the molecule is C=Cc1ccc(COCCCCCl)cc1. The molecule has 0 amide bonds. The van der Waals surface area contributed by atoms with Crippen molar-refractivity contribution >= 4 is 17.7 Å². The highest BCUT2D eigenvalue weighted by molar-refractivity contribution is 6.17. The minimum atomic E-state index is 0.680. The molecule has 0 radical (unpaired) electrons. The quantitative estimate of drug-likeness (QED) is 0.505. The number of alkyl halides is 1. The van der Waals surface area contributed by atoms with E-state index >= 15 is 0 Å². The van der Waals surface area contributed by atoms with E-state index < -0.39 is 0 Å². The molecule has 82 valence electrons. The molecule has 0 aromatic heterocycles. The Morgan fingerprint density at radius 2 is 1.93 bits per heavy atom. The monoisotopic (exact) mass is 224 g/mol. The van der Waals surface area contributed by atoms with Gasteiger partial charge in [-0.2, -0.15) is 0 Å². The molecule has 1 nitrogen and oxygen atoms in total. The molecular formula is C13H17ClO. The van der Waals surface area contributed by atoms with Crippen molar-refractivity contribution in [2.75, 3.05) is 12.5 Å². The zero-order valence-corrected chi connectivity index (χ0v) is 9.67. The molecule has 0 aliphatic rings. The highest BCUT2D eigenvalue weighted by Crippen LogP contribution is 2.07. The third-order valence-corrected chi connectivity index (χ3v) is 2.42. The number of ether oxygens (including phenoxy) is 1. The van der Waals surface area contributed by atoms with Crippen molar-refractivity contribution in [1.82, 2.24) is 0 Å². The van der Waals surface area contributed by atoms with Gasteiger partial charge in [-0.15, -0.1) is 11.6 Å². The first-order chi connectivity index (χ1) is 7.36. The van der Waals surface area contributed by atoms with Gasteiger partial charge in [0.05, 0.1) is 6.61 Å². The zero-order valence-electron chi connectivity index (χ0n) is 8.92. The summed E-state index contributed by atoms with van der Waals surface area (Å²) in [6.07, 6.45) is 3.90. The molecule has 0 aliphatic heterocycles. The Kier molecular flexibility index (Phi) is 6.14. The average molecular weight is 225 g/mol. The Labute approximate surface area is 96.7 Å². The van der Waals surface area contributed by atoms with Gasteiger partial charge >= 0.3 is 0 Å². The van der Waals surface area contributed by atoms with Gasteiger partial charge in [0.25, 0.3) is 0 Å². The molecule has 0 saturated carbocycles. The third-order valence-electron chi connectivity index (χ3n) is 2.16. The average Bonchev–Trinajstić information content (AvgIpc) is 2.30. The standard InChI is InChI=1S/C13H17ClO/c1-2-12-5-7-13(8-6-12)11-15-10-4-3-9-14/h2,5-8H,1,3-4,9-11H2. The smallest absolute Gasteiger partial charge is 0.0716 e. The maximum atomic E-state index is 5.57. The van der Waals surface area contributed by atoms with E-state index in [-0.39, 0.29) is 0 Å². The third kappa shape index (κ3) is 5.01. The lowest BCUT2D eigenvalue weighted by atomic mass is 10.1. The summed E-state index contributed by atoms with van der Waals surface area (Å²) >= 11 is 5.57. The molecule has 0 aliphatic carbocycles. The Hall–Kier alpha value is -0.790. The van der Waals surface area contributed by atoms with E-state index in [0.29, 0.717) is 6.61 Å². The number of benzene rings is 1. The van der Waals surface area contributed by atoms with Crippen LogP contribution in [0.4, 0.5) is 0 Å². The first-order valence-corrected chi connectivity index (χ1v) is 5.75. The van der Waals surface area contributed by atoms with Gasteiger partial charge < -0.3 is 4.74 Å². The summed E-state index contributed by atoms with van der Waals surface area (Å²) in [4.78, 5) is 0. The minimum absolute atomic E-state index is 0.680. The molecule has 2 heteroatoms. The molecule has 1 aromatic carbocycles. The molecule has 0 heterocycles. The summed E-state index contributed by atoms with van der Waals surface area (Å²) in [5.41, 5.74) is 2.34. The lowest BCUT2D eigenvalue weighted by molar-refractivity contribution is 0.118. The van der Waals surface area contributed by atoms with Gasteiger partial charge in [-0.3, -0.25) is 0 Å². The van der Waals surface area contributed by atoms with E-state index in [2.05, 4.69) is 18.7 Å². The first-order valence-electron chi connectivity index (χ1n) is 5.22. The summed E-state index contributed by atoms with van der Waals surface area (Å²) in [6, 6.07) is 8.23. The van der Waals surface area contributed by atoms with Crippen molar-refractivity contribution in [2.24, 2.45) is 0 Å². The van der Waals surface area contributed by atoms with Crippen LogP contribution in [-0.2, 0) is 11.3 Å². The molecule has 0 saturated heterocycles. The highest BCUT2D eigenvalue weighted by Gasteiger charge is 1.93. The summed E-state index contributed by atoms with van der Waals surface area (Å²) in [5.74, 6) is 0.720. The minimum Gasteiger partial charge on any atom is -0.377 e. The predicted octanol–water partition coefficient (Wildman–Crippen LogP) is 3.87. The van der Waals surface area contributed by atoms with Crippen molar-refractivity contribution < 1.29 is 4.74 Å². The van der Waals surface area contributed by atoms with Crippen LogP contribution in [0.1, 0.15) is 24.0 Å². The van der Waals surface area contributed by atoms with Crippen LogP contribution in [0.15, 0.2) is 30.8 Å². The normalized spacial score (nSPS) is 10.2. The second-order valence-electron chi connectivity index (χ2n) is 3.39. The fourth-order valence-electron chi connectivity index (χ4n) is 1.24. The van der Waals surface area contributed by atoms with Gasteiger partial charge in [-0.25, -0.2) is 0 Å². The fraction of sp³-hybridized carbons (Fsp3) is 0.385. The van der Waals surface area contributed by atoms with E-state index in [4.69, 9.17) is 16.3 Å². The van der Waals surface area contributed by atoms with Crippen LogP contribution >= 0.6 is 11.6 Å². The van der Waals surface area contributed by atoms with E-state index in [1.54, 1.807) is 0 Å². The molecule has 15 heavy (non-hydrogen) atoms. The lowest BCUT2D eigenvalue weighted by Gasteiger charge is -2.04. The molecule has 0 atom stereocenters. The molecule has 0 bridgehead atoms. The number of hydrogen-bond acceptors (Lipinski definition) is 1. The van der Waals surface area contributed by atoms with Crippen molar-refractivity contribution in [2.45, 2.75) is 19.4 Å². The molecular weight excluding hydrogens is 208 g/mol. The van der Waals surface area contributed by atoms with Crippen molar-refractivity contribution in [3.63, 3.8) is 0 Å². The predicted molar refractivity (Wildman–Crippen MR) is 66.1 cm³/mol. The maximum Gasteiger partial charge on any atom is 0.0716 e. The Morgan fingerprint density at radius 1 is 1.20 bits per heavy atom. The number of unbranched alkanes of at least 4 members (excludes halogenated alkanes) is 1. The molecule has 0 unspecified atom stereocenters. The summed E-state index contributed by atoms with van der Waals surface area (Å²) < 4.78 is 5.51. The molecule has 0 fully saturated rings. The Morgan fingerprint density at radius 3 is 2.53 bits per heavy atom. The van der Waals surface area contributed by atoms with Crippen LogP contribution in [-0.4, -0.2) is 12.5 Å². The van der Waals surface area contributed by atoms with Crippen LogP contribution in [0.2, 0.25) is 0 Å². The maximum absolute atomic E-state index is 5.57. The highest BCUT2D eigenvalue weighted by atomic mass is 35.5. The van der Waals surface area contributed by atoms with Crippen LogP contribution in [0.5, 0.6) is 0 Å². The summed E-state index contributed by atoms with van der Waals surface area (Å²) in [7, 11) is 0. The second kappa shape index (κ2) is 7.49. The number of rotatable bonds is 7. The number of hydrogen-bond donors (Lipinski definition) is 0. The van der Waals surface area contributed by atoms with Crippen LogP contribution in [0.3, 0.4) is 0 Å². The first kappa shape index (κ1) is 12.3. The van der Waals surface area contributed by atoms with Crippen LogP contribution in [0, 0.1) is 0 Å². The van der Waals surface area contributed by atoms with E-state index in [9.17, 15) is 0 Å². The van der Waals surface area contributed by atoms with Gasteiger partial charge in [0.2, 0.25) is 0 Å². The molecule has 1 rings (SSSR count).